The maximum absolute atomic E-state index is 13.9. The molecule has 1 aromatic heterocycles. The van der Waals surface area contributed by atoms with Crippen molar-refractivity contribution in [3.8, 4) is 17.0 Å². The van der Waals surface area contributed by atoms with Gasteiger partial charge in [-0.25, -0.2) is 0 Å². The second-order valence-corrected chi connectivity index (χ2v) is 9.54. The fourth-order valence-electron chi connectivity index (χ4n) is 5.66. The van der Waals surface area contributed by atoms with E-state index in [0.29, 0.717) is 12.5 Å². The second kappa shape index (κ2) is 10.5. The van der Waals surface area contributed by atoms with Crippen LogP contribution in [0.5, 0.6) is 5.75 Å². The summed E-state index contributed by atoms with van der Waals surface area (Å²) in [7, 11) is 1.67. The van der Waals surface area contributed by atoms with Gasteiger partial charge in [0.25, 0.3) is 5.91 Å². The smallest absolute Gasteiger partial charge is 0.254 e. The Morgan fingerprint density at radius 3 is 2.39 bits per heavy atom. The normalized spacial score (nSPS) is 19.3. The van der Waals surface area contributed by atoms with Gasteiger partial charge >= 0.3 is 0 Å². The van der Waals surface area contributed by atoms with Gasteiger partial charge < -0.3 is 14.2 Å². The van der Waals surface area contributed by atoms with Crippen LogP contribution < -0.4 is 9.64 Å². The summed E-state index contributed by atoms with van der Waals surface area (Å²) in [6.07, 6.45) is 7.46. The number of hydrogen-bond donors (Lipinski definition) is 0. The number of methoxy groups -OCH3 is 1. The molecule has 1 amide bonds. The molecule has 0 saturated heterocycles. The first-order chi connectivity index (χ1) is 17.6. The van der Waals surface area contributed by atoms with Crippen LogP contribution in [-0.4, -0.2) is 36.5 Å². The highest BCUT2D eigenvalue weighted by Gasteiger charge is 2.44. The summed E-state index contributed by atoms with van der Waals surface area (Å²) < 4.78 is 10.4. The third-order valence-electron chi connectivity index (χ3n) is 7.43. The first-order valence-corrected chi connectivity index (χ1v) is 12.9. The molecular weight excluding hydrogens is 450 g/mol. The summed E-state index contributed by atoms with van der Waals surface area (Å²) in [5.74, 6) is 1.26. The lowest BCUT2D eigenvalue weighted by atomic mass is 9.78. The zero-order valence-corrected chi connectivity index (χ0v) is 21.2. The van der Waals surface area contributed by atoms with Crippen LogP contribution in [0.2, 0.25) is 0 Å². The van der Waals surface area contributed by atoms with Crippen molar-refractivity contribution < 1.29 is 14.1 Å². The predicted octanol–water partition coefficient (Wildman–Crippen LogP) is 6.47. The monoisotopic (exact) mass is 483 g/mol. The topological polar surface area (TPSA) is 67.9 Å². The lowest BCUT2D eigenvalue weighted by Gasteiger charge is -2.36. The van der Waals surface area contributed by atoms with Crippen LogP contribution in [-0.2, 0) is 4.79 Å². The van der Waals surface area contributed by atoms with Crippen LogP contribution in [0.4, 0.5) is 5.69 Å². The number of carbonyl (C=O) groups is 1. The Bertz CT molecular complexity index is 1250. The summed E-state index contributed by atoms with van der Waals surface area (Å²) in [5.41, 5.74) is 6.44. The molecule has 1 aliphatic carbocycles. The molecule has 2 aromatic carbocycles. The molecule has 6 heteroatoms. The van der Waals surface area contributed by atoms with Crippen LogP contribution in [0.1, 0.15) is 51.5 Å². The van der Waals surface area contributed by atoms with E-state index in [1.54, 1.807) is 13.4 Å². The largest absolute Gasteiger partial charge is 0.497 e. The Labute approximate surface area is 212 Å². The number of benzene rings is 2. The molecule has 5 rings (SSSR count). The molecule has 2 heterocycles. The van der Waals surface area contributed by atoms with Crippen LogP contribution in [0.25, 0.3) is 11.3 Å². The molecule has 6 nitrogen and oxygen atoms in total. The molecule has 2 aliphatic rings. The van der Waals surface area contributed by atoms with Crippen molar-refractivity contribution in [1.82, 2.24) is 5.16 Å². The van der Waals surface area contributed by atoms with Gasteiger partial charge in [-0.05, 0) is 69.0 Å². The lowest BCUT2D eigenvalue weighted by Crippen LogP contribution is -2.43. The molecule has 0 spiro atoms. The van der Waals surface area contributed by atoms with E-state index in [0.717, 1.165) is 58.0 Å². The third kappa shape index (κ3) is 4.48. The third-order valence-corrected chi connectivity index (χ3v) is 7.43. The van der Waals surface area contributed by atoms with Crippen LogP contribution in [0.3, 0.4) is 0 Å². The lowest BCUT2D eigenvalue weighted by molar-refractivity contribution is -0.114. The minimum atomic E-state index is -0.0388. The Kier molecular flexibility index (Phi) is 7.03. The van der Waals surface area contributed by atoms with E-state index in [4.69, 9.17) is 14.3 Å². The first kappa shape index (κ1) is 24.0. The first-order valence-electron chi connectivity index (χ1n) is 12.9. The molecule has 1 aliphatic heterocycles. The number of amides is 1. The number of carbonyl (C=O) groups excluding carboxylic acids is 1. The number of nitrogens with zero attached hydrogens (tertiary/aromatic N) is 3. The van der Waals surface area contributed by atoms with E-state index in [-0.39, 0.29) is 11.9 Å². The van der Waals surface area contributed by atoms with Gasteiger partial charge in [-0.3, -0.25) is 9.79 Å². The van der Waals surface area contributed by atoms with Crippen LogP contribution in [0, 0.1) is 5.92 Å². The molecule has 0 N–H and O–H groups in total. The SMILES string of the molecule is CCN=C(C1=C(C)C(=O)N(c2ccc(-c3ccon3)cc2)C1C1CCCCC1)c1ccc(OC)cc1. The molecule has 3 aromatic rings. The molecule has 186 valence electrons. The average Bonchev–Trinajstić information content (AvgIpc) is 3.55. The molecule has 0 bridgehead atoms. The maximum atomic E-state index is 13.9. The molecule has 1 unspecified atom stereocenters. The van der Waals surface area contributed by atoms with Crippen molar-refractivity contribution in [3.63, 3.8) is 0 Å². The van der Waals surface area contributed by atoms with E-state index in [2.05, 4.69) is 5.16 Å². The zero-order valence-electron chi connectivity index (χ0n) is 21.2. The summed E-state index contributed by atoms with van der Waals surface area (Å²) >= 11 is 0. The summed E-state index contributed by atoms with van der Waals surface area (Å²) in [6.45, 7) is 4.66. The van der Waals surface area contributed by atoms with E-state index < -0.39 is 0 Å². The van der Waals surface area contributed by atoms with Crippen molar-refractivity contribution in [2.75, 3.05) is 18.6 Å². The zero-order chi connectivity index (χ0) is 25.1. The molecule has 0 radical (unpaired) electrons. The number of hydrogen-bond acceptors (Lipinski definition) is 5. The highest BCUT2D eigenvalue weighted by atomic mass is 16.5. The van der Waals surface area contributed by atoms with Crippen LogP contribution in [0.15, 0.2) is 81.5 Å². The highest BCUT2D eigenvalue weighted by molar-refractivity contribution is 6.23. The predicted molar refractivity (Wildman–Crippen MR) is 143 cm³/mol. The van der Waals surface area contributed by atoms with E-state index in [1.165, 1.54) is 19.3 Å². The molecule has 1 atom stereocenters. The Balaban J connectivity index is 1.58. The van der Waals surface area contributed by atoms with Crippen molar-refractivity contribution >= 4 is 17.3 Å². The fraction of sp³-hybridized carbons (Fsp3) is 0.367. The van der Waals surface area contributed by atoms with Gasteiger partial charge in [0.2, 0.25) is 0 Å². The molecular formula is C30H33N3O3. The van der Waals surface area contributed by atoms with Gasteiger partial charge in [0.15, 0.2) is 0 Å². The van der Waals surface area contributed by atoms with Gasteiger partial charge in [0, 0.05) is 40.6 Å². The Morgan fingerprint density at radius 1 is 1.06 bits per heavy atom. The number of rotatable bonds is 7. The van der Waals surface area contributed by atoms with Gasteiger partial charge in [0.1, 0.15) is 17.7 Å². The number of aliphatic imine (C=N–C) groups is 1. The average molecular weight is 484 g/mol. The Morgan fingerprint density at radius 2 is 1.78 bits per heavy atom. The van der Waals surface area contributed by atoms with Crippen molar-refractivity contribution in [3.05, 3.63) is 77.6 Å². The van der Waals surface area contributed by atoms with E-state index >= 15 is 0 Å². The van der Waals surface area contributed by atoms with Crippen molar-refractivity contribution in [2.45, 2.75) is 52.0 Å². The molecule has 1 saturated carbocycles. The van der Waals surface area contributed by atoms with E-state index in [1.807, 2.05) is 73.3 Å². The minimum Gasteiger partial charge on any atom is -0.497 e. The minimum absolute atomic E-state index is 0.0388. The van der Waals surface area contributed by atoms with E-state index in [9.17, 15) is 4.79 Å². The summed E-state index contributed by atoms with van der Waals surface area (Å²) in [5, 5.41) is 4.04. The van der Waals surface area contributed by atoms with Crippen LogP contribution >= 0.6 is 0 Å². The molecule has 1 fully saturated rings. The number of anilines is 1. The fourth-order valence-corrected chi connectivity index (χ4v) is 5.66. The van der Waals surface area contributed by atoms with Crippen molar-refractivity contribution in [1.29, 1.82) is 0 Å². The van der Waals surface area contributed by atoms with Crippen molar-refractivity contribution in [2.24, 2.45) is 10.9 Å². The van der Waals surface area contributed by atoms with Gasteiger partial charge in [-0.15, -0.1) is 0 Å². The van der Waals surface area contributed by atoms with Gasteiger partial charge in [0.05, 0.1) is 18.9 Å². The highest BCUT2D eigenvalue weighted by Crippen LogP contribution is 2.42. The maximum Gasteiger partial charge on any atom is 0.254 e. The second-order valence-electron chi connectivity index (χ2n) is 9.54. The van der Waals surface area contributed by atoms with Gasteiger partial charge in [-0.1, -0.05) is 36.6 Å². The Hall–Kier alpha value is -3.67. The number of ether oxygens (including phenoxy) is 1. The summed E-state index contributed by atoms with van der Waals surface area (Å²) in [4.78, 5) is 20.9. The summed E-state index contributed by atoms with van der Waals surface area (Å²) in [6, 6.07) is 17.9. The molecule has 36 heavy (non-hydrogen) atoms. The number of aromatic nitrogens is 1. The standard InChI is InChI=1S/C30H33N3O3/c1-4-31-28(22-12-16-25(35-3)17-13-22)27-20(2)30(34)33(29(27)23-8-6-5-7-9-23)24-14-10-21(11-15-24)26-18-19-36-32-26/h10-19,23,29H,4-9H2,1-3H3. The van der Waals surface area contributed by atoms with Gasteiger partial charge in [-0.2, -0.15) is 0 Å². The quantitative estimate of drug-likeness (QED) is 0.361.